The van der Waals surface area contributed by atoms with E-state index in [1.54, 1.807) is 6.07 Å². The molecule has 0 bridgehead atoms. The summed E-state index contributed by atoms with van der Waals surface area (Å²) in [6.45, 7) is 6.15. The van der Waals surface area contributed by atoms with Crippen molar-refractivity contribution >= 4 is 0 Å². The maximum Gasteiger partial charge on any atom is 0.142 e. The first-order valence-corrected chi connectivity index (χ1v) is 6.85. The lowest BCUT2D eigenvalue weighted by Crippen LogP contribution is -2.31. The molecule has 0 unspecified atom stereocenters. The van der Waals surface area contributed by atoms with E-state index in [0.717, 1.165) is 23.4 Å². The summed E-state index contributed by atoms with van der Waals surface area (Å²) < 4.78 is 5.80. The molecule has 3 heteroatoms. The zero-order chi connectivity index (χ0) is 14.1. The van der Waals surface area contributed by atoms with Crippen LogP contribution in [0.4, 0.5) is 0 Å². The van der Waals surface area contributed by atoms with Crippen LogP contribution in [0.5, 0.6) is 11.5 Å². The SMILES string of the molecule is Cc1ccc(CN2COc3cc(C)ccc3C2)c(O)c1. The Morgan fingerprint density at radius 3 is 2.65 bits per heavy atom. The molecule has 2 aromatic rings. The van der Waals surface area contributed by atoms with Crippen molar-refractivity contribution in [2.75, 3.05) is 6.73 Å². The molecular formula is C17H19NO2. The number of nitrogens with zero attached hydrogens (tertiary/aromatic N) is 1. The molecule has 3 rings (SSSR count). The Kier molecular flexibility index (Phi) is 3.36. The van der Waals surface area contributed by atoms with Crippen molar-refractivity contribution < 1.29 is 9.84 Å². The third-order valence-electron chi connectivity index (χ3n) is 3.65. The summed E-state index contributed by atoms with van der Waals surface area (Å²) in [5, 5.41) is 9.99. The van der Waals surface area contributed by atoms with Gasteiger partial charge < -0.3 is 9.84 Å². The summed E-state index contributed by atoms with van der Waals surface area (Å²) in [5.74, 6) is 1.34. The van der Waals surface area contributed by atoms with Crippen LogP contribution in [0.15, 0.2) is 36.4 Å². The summed E-state index contributed by atoms with van der Waals surface area (Å²) in [4.78, 5) is 2.18. The molecule has 0 atom stereocenters. The van der Waals surface area contributed by atoms with E-state index in [1.807, 2.05) is 19.1 Å². The van der Waals surface area contributed by atoms with Gasteiger partial charge in [-0.05, 0) is 37.1 Å². The minimum atomic E-state index is 0.361. The Morgan fingerprint density at radius 1 is 1.10 bits per heavy atom. The van der Waals surface area contributed by atoms with Crippen LogP contribution in [0.3, 0.4) is 0 Å². The molecule has 2 aromatic carbocycles. The van der Waals surface area contributed by atoms with Crippen molar-refractivity contribution in [2.45, 2.75) is 26.9 Å². The molecular weight excluding hydrogens is 250 g/mol. The number of rotatable bonds is 2. The number of aromatic hydroxyl groups is 1. The monoisotopic (exact) mass is 269 g/mol. The largest absolute Gasteiger partial charge is 0.508 e. The molecule has 0 aromatic heterocycles. The topological polar surface area (TPSA) is 32.7 Å². The van der Waals surface area contributed by atoms with E-state index in [4.69, 9.17) is 4.74 Å². The summed E-state index contributed by atoms with van der Waals surface area (Å²) in [7, 11) is 0. The lowest BCUT2D eigenvalue weighted by molar-refractivity contribution is 0.0879. The van der Waals surface area contributed by atoms with Crippen LogP contribution in [-0.4, -0.2) is 16.7 Å². The van der Waals surface area contributed by atoms with Crippen LogP contribution in [0.1, 0.15) is 22.3 Å². The summed E-state index contributed by atoms with van der Waals surface area (Å²) >= 11 is 0. The zero-order valence-electron chi connectivity index (χ0n) is 11.9. The van der Waals surface area contributed by atoms with Gasteiger partial charge in [0.25, 0.3) is 0 Å². The Bertz CT molecular complexity index is 637. The van der Waals surface area contributed by atoms with E-state index in [1.165, 1.54) is 11.1 Å². The van der Waals surface area contributed by atoms with E-state index >= 15 is 0 Å². The van der Waals surface area contributed by atoms with Crippen molar-refractivity contribution in [3.8, 4) is 11.5 Å². The minimum Gasteiger partial charge on any atom is -0.508 e. The molecule has 3 nitrogen and oxygen atoms in total. The van der Waals surface area contributed by atoms with Crippen LogP contribution < -0.4 is 4.74 Å². The van der Waals surface area contributed by atoms with E-state index in [0.29, 0.717) is 19.0 Å². The normalized spacial score (nSPS) is 14.7. The molecule has 104 valence electrons. The van der Waals surface area contributed by atoms with Gasteiger partial charge in [-0.1, -0.05) is 24.3 Å². The second kappa shape index (κ2) is 5.17. The molecule has 0 saturated carbocycles. The lowest BCUT2D eigenvalue weighted by atomic mass is 10.1. The van der Waals surface area contributed by atoms with Crippen LogP contribution in [0.2, 0.25) is 0 Å². The smallest absolute Gasteiger partial charge is 0.142 e. The molecule has 1 N–H and O–H groups in total. The van der Waals surface area contributed by atoms with Crippen molar-refractivity contribution in [3.63, 3.8) is 0 Å². The number of phenols is 1. The minimum absolute atomic E-state index is 0.361. The maximum atomic E-state index is 9.99. The van der Waals surface area contributed by atoms with Crippen molar-refractivity contribution in [2.24, 2.45) is 0 Å². The highest BCUT2D eigenvalue weighted by Crippen LogP contribution is 2.28. The standard InChI is InChI=1S/C17H19NO2/c1-12-3-5-14(16(19)7-12)9-18-10-15-6-4-13(2)8-17(15)20-11-18/h3-8,19H,9-11H2,1-2H3. The fourth-order valence-corrected chi connectivity index (χ4v) is 2.52. The van der Waals surface area contributed by atoms with Gasteiger partial charge in [0.2, 0.25) is 0 Å². The van der Waals surface area contributed by atoms with Gasteiger partial charge in [-0.3, -0.25) is 4.90 Å². The number of aryl methyl sites for hydroxylation is 2. The Hall–Kier alpha value is -2.00. The quantitative estimate of drug-likeness (QED) is 0.907. The summed E-state index contributed by atoms with van der Waals surface area (Å²) in [5.41, 5.74) is 4.43. The molecule has 0 saturated heterocycles. The molecule has 0 fully saturated rings. The van der Waals surface area contributed by atoms with Crippen molar-refractivity contribution in [3.05, 3.63) is 58.7 Å². The predicted octanol–water partition coefficient (Wildman–Crippen LogP) is 3.36. The van der Waals surface area contributed by atoms with Gasteiger partial charge in [-0.25, -0.2) is 0 Å². The Labute approximate surface area is 119 Å². The second-order valence-electron chi connectivity index (χ2n) is 5.50. The van der Waals surface area contributed by atoms with Crippen LogP contribution in [-0.2, 0) is 13.1 Å². The maximum absolute atomic E-state index is 9.99. The molecule has 0 radical (unpaired) electrons. The van der Waals surface area contributed by atoms with Gasteiger partial charge in [0.15, 0.2) is 0 Å². The number of hydrogen-bond donors (Lipinski definition) is 1. The van der Waals surface area contributed by atoms with Crippen LogP contribution in [0, 0.1) is 13.8 Å². The number of fused-ring (bicyclic) bond motifs is 1. The van der Waals surface area contributed by atoms with Crippen LogP contribution >= 0.6 is 0 Å². The van der Waals surface area contributed by atoms with Gasteiger partial charge in [0, 0.05) is 24.2 Å². The second-order valence-corrected chi connectivity index (χ2v) is 5.50. The third kappa shape index (κ3) is 2.63. The Morgan fingerprint density at radius 2 is 1.85 bits per heavy atom. The number of ether oxygens (including phenoxy) is 1. The molecule has 0 aliphatic carbocycles. The first-order valence-electron chi connectivity index (χ1n) is 6.85. The first-order chi connectivity index (χ1) is 9.61. The number of benzene rings is 2. The molecule has 0 spiro atoms. The lowest BCUT2D eigenvalue weighted by Gasteiger charge is -2.29. The summed E-state index contributed by atoms with van der Waals surface area (Å²) in [6, 6.07) is 12.1. The molecule has 1 heterocycles. The third-order valence-corrected chi connectivity index (χ3v) is 3.65. The van der Waals surface area contributed by atoms with Crippen LogP contribution in [0.25, 0.3) is 0 Å². The van der Waals surface area contributed by atoms with E-state index in [2.05, 4.69) is 30.0 Å². The highest BCUT2D eigenvalue weighted by Gasteiger charge is 2.18. The number of phenolic OH excluding ortho intramolecular Hbond substituents is 1. The molecule has 1 aliphatic heterocycles. The van der Waals surface area contributed by atoms with Gasteiger partial charge in [0.1, 0.15) is 18.2 Å². The van der Waals surface area contributed by atoms with E-state index in [9.17, 15) is 5.11 Å². The van der Waals surface area contributed by atoms with Crippen molar-refractivity contribution in [1.82, 2.24) is 4.90 Å². The van der Waals surface area contributed by atoms with E-state index in [-0.39, 0.29) is 0 Å². The molecule has 0 amide bonds. The fraction of sp³-hybridized carbons (Fsp3) is 0.294. The predicted molar refractivity (Wildman–Crippen MR) is 78.8 cm³/mol. The fourth-order valence-electron chi connectivity index (χ4n) is 2.52. The van der Waals surface area contributed by atoms with Gasteiger partial charge in [-0.15, -0.1) is 0 Å². The highest BCUT2D eigenvalue weighted by molar-refractivity contribution is 5.39. The zero-order valence-corrected chi connectivity index (χ0v) is 11.9. The first kappa shape index (κ1) is 13.0. The Balaban J connectivity index is 1.75. The highest BCUT2D eigenvalue weighted by atomic mass is 16.5. The average Bonchev–Trinajstić information content (AvgIpc) is 2.42. The van der Waals surface area contributed by atoms with Gasteiger partial charge in [-0.2, -0.15) is 0 Å². The van der Waals surface area contributed by atoms with Crippen molar-refractivity contribution in [1.29, 1.82) is 0 Å². The summed E-state index contributed by atoms with van der Waals surface area (Å²) in [6.07, 6.45) is 0. The molecule has 20 heavy (non-hydrogen) atoms. The van der Waals surface area contributed by atoms with Gasteiger partial charge >= 0.3 is 0 Å². The van der Waals surface area contributed by atoms with E-state index < -0.39 is 0 Å². The number of hydrogen-bond acceptors (Lipinski definition) is 3. The van der Waals surface area contributed by atoms with Gasteiger partial charge in [0.05, 0.1) is 0 Å². The molecule has 1 aliphatic rings. The average molecular weight is 269 g/mol.